The Morgan fingerprint density at radius 1 is 1.40 bits per heavy atom. The number of rotatable bonds is 6. The first kappa shape index (κ1) is 14.0. The summed E-state index contributed by atoms with van der Waals surface area (Å²) in [6, 6.07) is 11.6. The summed E-state index contributed by atoms with van der Waals surface area (Å²) >= 11 is 0. The summed E-state index contributed by atoms with van der Waals surface area (Å²) in [4.78, 5) is 12.1. The number of benzene rings is 1. The van der Waals surface area contributed by atoms with E-state index in [9.17, 15) is 4.79 Å². The number of Topliss-reactive ketones (excluding diaryl/α,β-unsaturated/α-hetero) is 1. The van der Waals surface area contributed by atoms with Crippen molar-refractivity contribution >= 4 is 5.78 Å². The lowest BCUT2D eigenvalue weighted by atomic mass is 10.1. The molecular formula is C16H16N2O2. The van der Waals surface area contributed by atoms with Crippen LogP contribution >= 0.6 is 0 Å². The van der Waals surface area contributed by atoms with Gasteiger partial charge in [0.2, 0.25) is 5.78 Å². The van der Waals surface area contributed by atoms with Crippen molar-refractivity contribution in [3.8, 4) is 12.3 Å². The van der Waals surface area contributed by atoms with Gasteiger partial charge in [-0.3, -0.25) is 9.48 Å². The molecule has 0 fully saturated rings. The first-order valence-electron chi connectivity index (χ1n) is 6.37. The van der Waals surface area contributed by atoms with Gasteiger partial charge >= 0.3 is 0 Å². The summed E-state index contributed by atoms with van der Waals surface area (Å²) < 4.78 is 6.79. The van der Waals surface area contributed by atoms with Crippen molar-refractivity contribution in [3.63, 3.8) is 0 Å². The molecule has 0 aliphatic heterocycles. The molecule has 0 spiro atoms. The summed E-state index contributed by atoms with van der Waals surface area (Å²) in [5.41, 5.74) is 1.62. The van der Waals surface area contributed by atoms with Crippen molar-refractivity contribution in [2.45, 2.75) is 13.0 Å². The maximum Gasteiger partial charge on any atom is 0.206 e. The van der Waals surface area contributed by atoms with Crippen LogP contribution in [0.1, 0.15) is 29.0 Å². The average molecular weight is 268 g/mol. The average Bonchev–Trinajstić information content (AvgIpc) is 2.97. The van der Waals surface area contributed by atoms with E-state index in [1.54, 1.807) is 16.9 Å². The third-order valence-corrected chi connectivity index (χ3v) is 3.02. The van der Waals surface area contributed by atoms with Crippen molar-refractivity contribution < 1.29 is 9.53 Å². The molecule has 102 valence electrons. The van der Waals surface area contributed by atoms with Crippen LogP contribution < -0.4 is 0 Å². The molecule has 4 heteroatoms. The molecule has 0 bridgehead atoms. The van der Waals surface area contributed by atoms with Crippen LogP contribution in [0.15, 0.2) is 42.6 Å². The number of aromatic nitrogens is 2. The Morgan fingerprint density at radius 3 is 2.85 bits per heavy atom. The van der Waals surface area contributed by atoms with Gasteiger partial charge in [0.25, 0.3) is 0 Å². The molecule has 2 rings (SSSR count). The highest BCUT2D eigenvalue weighted by atomic mass is 16.5. The molecule has 0 unspecified atom stereocenters. The molecule has 0 aliphatic carbocycles. The second kappa shape index (κ2) is 6.69. The Kier molecular flexibility index (Phi) is 4.70. The smallest absolute Gasteiger partial charge is 0.206 e. The molecule has 0 N–H and O–H groups in total. The first-order chi connectivity index (χ1) is 9.74. The maximum atomic E-state index is 12.1. The van der Waals surface area contributed by atoms with Crippen LogP contribution in [0.3, 0.4) is 0 Å². The van der Waals surface area contributed by atoms with Crippen LogP contribution in [-0.2, 0) is 4.74 Å². The zero-order valence-electron chi connectivity index (χ0n) is 11.3. The zero-order chi connectivity index (χ0) is 14.4. The molecule has 20 heavy (non-hydrogen) atoms. The fourth-order valence-electron chi connectivity index (χ4n) is 1.99. The van der Waals surface area contributed by atoms with Gasteiger partial charge in [-0.15, -0.1) is 6.42 Å². The van der Waals surface area contributed by atoms with E-state index >= 15 is 0 Å². The highest BCUT2D eigenvalue weighted by Crippen LogP contribution is 2.18. The lowest BCUT2D eigenvalue weighted by Crippen LogP contribution is -2.18. The summed E-state index contributed by atoms with van der Waals surface area (Å²) in [6.45, 7) is 2.10. The lowest BCUT2D eigenvalue weighted by molar-refractivity contribution is 0.0800. The van der Waals surface area contributed by atoms with Crippen LogP contribution in [-0.4, -0.2) is 28.8 Å². The van der Waals surface area contributed by atoms with E-state index in [0.29, 0.717) is 5.69 Å². The largest absolute Gasteiger partial charge is 0.361 e. The monoisotopic (exact) mass is 268 g/mol. The van der Waals surface area contributed by atoms with Gasteiger partial charge in [-0.1, -0.05) is 36.3 Å². The van der Waals surface area contributed by atoms with Gasteiger partial charge in [0, 0.05) is 6.20 Å². The molecule has 4 nitrogen and oxygen atoms in total. The summed E-state index contributed by atoms with van der Waals surface area (Å²) in [5.74, 6) is 2.21. The topological polar surface area (TPSA) is 44.1 Å². The van der Waals surface area contributed by atoms with Gasteiger partial charge in [-0.05, 0) is 18.6 Å². The van der Waals surface area contributed by atoms with Gasteiger partial charge in [-0.2, -0.15) is 5.10 Å². The van der Waals surface area contributed by atoms with Gasteiger partial charge in [0.1, 0.15) is 18.9 Å². The lowest BCUT2D eigenvalue weighted by Gasteiger charge is -2.15. The molecule has 0 radical (unpaired) electrons. The van der Waals surface area contributed by atoms with Crippen molar-refractivity contribution in [2.24, 2.45) is 0 Å². The van der Waals surface area contributed by atoms with Gasteiger partial charge < -0.3 is 4.74 Å². The minimum absolute atomic E-state index is 0.0159. The van der Waals surface area contributed by atoms with E-state index in [1.165, 1.54) is 0 Å². The number of ketones is 1. The standard InChI is InChI=1S/C16H16N2O2/c1-3-11-20-12-16(19)15-9-10-17-18(15)13(2)14-7-5-4-6-8-14/h1,4-10,13H,11-12H2,2H3/t13-/m1/s1. The molecule has 2 aromatic rings. The fourth-order valence-corrected chi connectivity index (χ4v) is 1.99. The molecule has 0 saturated heterocycles. The Balaban J connectivity index is 2.16. The van der Waals surface area contributed by atoms with Crippen LogP contribution in [0, 0.1) is 12.3 Å². The zero-order valence-corrected chi connectivity index (χ0v) is 11.3. The third kappa shape index (κ3) is 3.14. The Morgan fingerprint density at radius 2 is 2.15 bits per heavy atom. The Bertz CT molecular complexity index is 611. The van der Waals surface area contributed by atoms with Gasteiger partial charge in [0.05, 0.1) is 6.04 Å². The van der Waals surface area contributed by atoms with E-state index in [4.69, 9.17) is 11.2 Å². The van der Waals surface area contributed by atoms with E-state index in [0.717, 1.165) is 5.56 Å². The first-order valence-corrected chi connectivity index (χ1v) is 6.37. The molecule has 1 heterocycles. The van der Waals surface area contributed by atoms with Crippen molar-refractivity contribution in [3.05, 3.63) is 53.9 Å². The molecular weight excluding hydrogens is 252 g/mol. The number of carbonyl (C=O) groups is 1. The van der Waals surface area contributed by atoms with E-state index in [1.807, 2.05) is 37.3 Å². The minimum atomic E-state index is -0.125. The van der Waals surface area contributed by atoms with Crippen molar-refractivity contribution in [2.75, 3.05) is 13.2 Å². The molecule has 1 atom stereocenters. The van der Waals surface area contributed by atoms with E-state index in [2.05, 4.69) is 11.0 Å². The number of hydrogen-bond acceptors (Lipinski definition) is 3. The molecule has 1 aromatic carbocycles. The van der Waals surface area contributed by atoms with Crippen LogP contribution in [0.25, 0.3) is 0 Å². The quantitative estimate of drug-likeness (QED) is 0.459. The molecule has 0 amide bonds. The van der Waals surface area contributed by atoms with E-state index < -0.39 is 0 Å². The second-order valence-corrected chi connectivity index (χ2v) is 4.37. The van der Waals surface area contributed by atoms with Gasteiger partial charge in [-0.25, -0.2) is 0 Å². The van der Waals surface area contributed by atoms with Crippen LogP contribution in [0.4, 0.5) is 0 Å². The van der Waals surface area contributed by atoms with Gasteiger partial charge in [0.15, 0.2) is 0 Å². The van der Waals surface area contributed by atoms with Crippen molar-refractivity contribution in [1.29, 1.82) is 0 Å². The normalized spacial score (nSPS) is 11.8. The highest BCUT2D eigenvalue weighted by Gasteiger charge is 2.17. The minimum Gasteiger partial charge on any atom is -0.361 e. The highest BCUT2D eigenvalue weighted by molar-refractivity contribution is 5.95. The Labute approximate surface area is 118 Å². The third-order valence-electron chi connectivity index (χ3n) is 3.02. The Hall–Kier alpha value is -2.38. The number of nitrogens with zero attached hydrogens (tertiary/aromatic N) is 2. The molecule has 0 aliphatic rings. The second-order valence-electron chi connectivity index (χ2n) is 4.37. The number of hydrogen-bond donors (Lipinski definition) is 0. The van der Waals surface area contributed by atoms with Crippen LogP contribution in [0.2, 0.25) is 0 Å². The molecule has 1 aromatic heterocycles. The predicted molar refractivity (Wildman–Crippen MR) is 76.5 cm³/mol. The fraction of sp³-hybridized carbons (Fsp3) is 0.250. The number of carbonyl (C=O) groups excluding carboxylic acids is 1. The number of terminal acetylenes is 1. The van der Waals surface area contributed by atoms with E-state index in [-0.39, 0.29) is 25.0 Å². The maximum absolute atomic E-state index is 12.1. The SMILES string of the molecule is C#CCOCC(=O)c1ccnn1[C@H](C)c1ccccc1. The number of ether oxygens (including phenoxy) is 1. The summed E-state index contributed by atoms with van der Waals surface area (Å²) in [7, 11) is 0. The predicted octanol–water partition coefficient (Wildman–Crippen LogP) is 2.32. The molecule has 0 saturated carbocycles. The summed E-state index contributed by atoms with van der Waals surface area (Å²) in [5, 5.41) is 4.24. The summed E-state index contributed by atoms with van der Waals surface area (Å²) in [6.07, 6.45) is 6.70. The van der Waals surface area contributed by atoms with Crippen LogP contribution in [0.5, 0.6) is 0 Å². The van der Waals surface area contributed by atoms with Crippen molar-refractivity contribution in [1.82, 2.24) is 9.78 Å².